The summed E-state index contributed by atoms with van der Waals surface area (Å²) in [6.45, 7) is 6.42. The van der Waals surface area contributed by atoms with Crippen LogP contribution in [0.4, 0.5) is 0 Å². The number of nitrogens with zero attached hydrogens (tertiary/aromatic N) is 2. The van der Waals surface area contributed by atoms with Crippen molar-refractivity contribution < 1.29 is 13.9 Å². The smallest absolute Gasteiger partial charge is 0.291 e. The lowest BCUT2D eigenvalue weighted by Gasteiger charge is -2.26. The highest BCUT2D eigenvalue weighted by Crippen LogP contribution is 2.19. The monoisotopic (exact) mass is 224 g/mol. The molecule has 0 spiro atoms. The maximum absolute atomic E-state index is 12.1. The molecular formula is C11H16N2O3. The third kappa shape index (κ3) is 2.09. The molecule has 0 atom stereocenters. The molecule has 1 fully saturated rings. The molecule has 1 aromatic heterocycles. The lowest BCUT2D eigenvalue weighted by molar-refractivity contribution is 0.0281. The van der Waals surface area contributed by atoms with Gasteiger partial charge in [-0.2, -0.15) is 0 Å². The Morgan fingerprint density at radius 3 is 2.75 bits per heavy atom. The third-order valence-corrected chi connectivity index (χ3v) is 2.63. The van der Waals surface area contributed by atoms with Crippen molar-refractivity contribution in [2.45, 2.75) is 19.8 Å². The largest absolute Gasteiger partial charge is 0.438 e. The van der Waals surface area contributed by atoms with Gasteiger partial charge in [0.05, 0.1) is 18.9 Å². The normalized spacial score (nSPS) is 16.8. The van der Waals surface area contributed by atoms with E-state index in [1.54, 1.807) is 4.90 Å². The fraction of sp³-hybridized carbons (Fsp3) is 0.636. The molecule has 16 heavy (non-hydrogen) atoms. The molecule has 0 unspecified atom stereocenters. The molecule has 5 heteroatoms. The van der Waals surface area contributed by atoms with E-state index >= 15 is 0 Å². The molecule has 1 aliphatic rings. The van der Waals surface area contributed by atoms with E-state index in [0.717, 1.165) is 5.69 Å². The van der Waals surface area contributed by atoms with Crippen LogP contribution in [0.25, 0.3) is 0 Å². The van der Waals surface area contributed by atoms with Gasteiger partial charge in [-0.25, -0.2) is 4.98 Å². The van der Waals surface area contributed by atoms with Gasteiger partial charge in [-0.05, 0) is 5.92 Å². The lowest BCUT2D eigenvalue weighted by atomic mass is 10.1. The van der Waals surface area contributed by atoms with Crippen LogP contribution in [0.2, 0.25) is 0 Å². The molecule has 0 saturated carbocycles. The first-order valence-corrected chi connectivity index (χ1v) is 5.50. The number of hydrogen-bond donors (Lipinski definition) is 0. The maximum Gasteiger partial charge on any atom is 0.291 e. The number of aromatic nitrogens is 1. The molecule has 0 radical (unpaired) electrons. The van der Waals surface area contributed by atoms with Crippen LogP contribution in [0.1, 0.15) is 36.0 Å². The lowest BCUT2D eigenvalue weighted by Crippen LogP contribution is -2.40. The SMILES string of the molecule is CC(C)c1ncoc1C(=O)N1CCOCC1. The first kappa shape index (κ1) is 11.1. The number of hydrogen-bond acceptors (Lipinski definition) is 4. The second kappa shape index (κ2) is 4.65. The second-order valence-corrected chi connectivity index (χ2v) is 4.13. The van der Waals surface area contributed by atoms with E-state index in [-0.39, 0.29) is 11.8 Å². The average molecular weight is 224 g/mol. The van der Waals surface area contributed by atoms with Gasteiger partial charge in [0.25, 0.3) is 5.91 Å². The number of morpholine rings is 1. The molecule has 2 heterocycles. The predicted molar refractivity (Wildman–Crippen MR) is 57.3 cm³/mol. The van der Waals surface area contributed by atoms with Crippen LogP contribution in [0.5, 0.6) is 0 Å². The first-order chi connectivity index (χ1) is 7.70. The number of ether oxygens (including phenoxy) is 1. The van der Waals surface area contributed by atoms with E-state index in [1.807, 2.05) is 13.8 Å². The Morgan fingerprint density at radius 1 is 1.44 bits per heavy atom. The zero-order valence-electron chi connectivity index (χ0n) is 9.60. The zero-order chi connectivity index (χ0) is 11.5. The summed E-state index contributed by atoms with van der Waals surface area (Å²) in [4.78, 5) is 18.0. The van der Waals surface area contributed by atoms with Gasteiger partial charge in [0.15, 0.2) is 6.39 Å². The number of carbonyl (C=O) groups excluding carboxylic acids is 1. The number of amides is 1. The number of carbonyl (C=O) groups is 1. The Morgan fingerprint density at radius 2 is 2.12 bits per heavy atom. The van der Waals surface area contributed by atoms with Crippen LogP contribution >= 0.6 is 0 Å². The highest BCUT2D eigenvalue weighted by molar-refractivity contribution is 5.92. The molecule has 1 amide bonds. The first-order valence-electron chi connectivity index (χ1n) is 5.50. The quantitative estimate of drug-likeness (QED) is 0.759. The fourth-order valence-corrected chi connectivity index (χ4v) is 1.74. The minimum Gasteiger partial charge on any atom is -0.438 e. The van der Waals surface area contributed by atoms with Gasteiger partial charge < -0.3 is 14.1 Å². The van der Waals surface area contributed by atoms with E-state index in [9.17, 15) is 4.79 Å². The van der Waals surface area contributed by atoms with E-state index < -0.39 is 0 Å². The summed E-state index contributed by atoms with van der Waals surface area (Å²) in [5.41, 5.74) is 0.733. The van der Waals surface area contributed by atoms with E-state index in [2.05, 4.69) is 4.98 Å². The van der Waals surface area contributed by atoms with Crippen LogP contribution in [0.15, 0.2) is 10.8 Å². The summed E-state index contributed by atoms with van der Waals surface area (Å²) in [6, 6.07) is 0. The molecule has 88 valence electrons. The topological polar surface area (TPSA) is 55.6 Å². The average Bonchev–Trinajstić information content (AvgIpc) is 2.78. The summed E-state index contributed by atoms with van der Waals surface area (Å²) in [5, 5.41) is 0. The summed E-state index contributed by atoms with van der Waals surface area (Å²) >= 11 is 0. The fourth-order valence-electron chi connectivity index (χ4n) is 1.74. The highest BCUT2D eigenvalue weighted by Gasteiger charge is 2.25. The molecule has 0 N–H and O–H groups in total. The van der Waals surface area contributed by atoms with Crippen LogP contribution in [0.3, 0.4) is 0 Å². The number of rotatable bonds is 2. The summed E-state index contributed by atoms with van der Waals surface area (Å²) in [7, 11) is 0. The Kier molecular flexibility index (Phi) is 3.24. The van der Waals surface area contributed by atoms with Crippen molar-refractivity contribution in [1.29, 1.82) is 0 Å². The van der Waals surface area contributed by atoms with Gasteiger partial charge in [-0.3, -0.25) is 4.79 Å². The Hall–Kier alpha value is -1.36. The van der Waals surface area contributed by atoms with E-state index in [4.69, 9.17) is 9.15 Å². The van der Waals surface area contributed by atoms with Crippen molar-refractivity contribution in [2.75, 3.05) is 26.3 Å². The number of oxazole rings is 1. The predicted octanol–water partition coefficient (Wildman–Crippen LogP) is 1.27. The molecule has 1 aromatic rings. The minimum absolute atomic E-state index is 0.0792. The van der Waals surface area contributed by atoms with E-state index in [1.165, 1.54) is 6.39 Å². The molecule has 0 aliphatic carbocycles. The summed E-state index contributed by atoms with van der Waals surface area (Å²) in [5.74, 6) is 0.486. The highest BCUT2D eigenvalue weighted by atomic mass is 16.5. The van der Waals surface area contributed by atoms with Gasteiger partial charge in [0.2, 0.25) is 5.76 Å². The molecule has 2 rings (SSSR count). The minimum atomic E-state index is -0.0792. The molecule has 5 nitrogen and oxygen atoms in total. The van der Waals surface area contributed by atoms with Gasteiger partial charge in [-0.15, -0.1) is 0 Å². The van der Waals surface area contributed by atoms with Gasteiger partial charge in [0, 0.05) is 13.1 Å². The maximum atomic E-state index is 12.1. The van der Waals surface area contributed by atoms with Crippen LogP contribution in [-0.2, 0) is 4.74 Å². The van der Waals surface area contributed by atoms with Crippen LogP contribution in [0, 0.1) is 0 Å². The zero-order valence-corrected chi connectivity index (χ0v) is 9.60. The second-order valence-electron chi connectivity index (χ2n) is 4.13. The van der Waals surface area contributed by atoms with Crippen LogP contribution in [-0.4, -0.2) is 42.1 Å². The van der Waals surface area contributed by atoms with Crippen LogP contribution < -0.4 is 0 Å². The Labute approximate surface area is 94.4 Å². The van der Waals surface area contributed by atoms with Crippen molar-refractivity contribution in [1.82, 2.24) is 9.88 Å². The standard InChI is InChI=1S/C11H16N2O3/c1-8(2)9-10(16-7-12-9)11(14)13-3-5-15-6-4-13/h7-8H,3-6H2,1-2H3. The molecule has 0 aromatic carbocycles. The van der Waals surface area contributed by atoms with Crippen molar-refractivity contribution in [3.05, 3.63) is 17.8 Å². The van der Waals surface area contributed by atoms with Crippen molar-refractivity contribution in [2.24, 2.45) is 0 Å². The van der Waals surface area contributed by atoms with Gasteiger partial charge in [-0.1, -0.05) is 13.8 Å². The summed E-state index contributed by atoms with van der Waals surface area (Å²) < 4.78 is 10.4. The molecule has 1 saturated heterocycles. The van der Waals surface area contributed by atoms with Crippen molar-refractivity contribution >= 4 is 5.91 Å². The Balaban J connectivity index is 2.16. The van der Waals surface area contributed by atoms with Gasteiger partial charge >= 0.3 is 0 Å². The van der Waals surface area contributed by atoms with E-state index in [0.29, 0.717) is 32.1 Å². The molecular weight excluding hydrogens is 208 g/mol. The summed E-state index contributed by atoms with van der Waals surface area (Å²) in [6.07, 6.45) is 1.34. The van der Waals surface area contributed by atoms with Gasteiger partial charge in [0.1, 0.15) is 0 Å². The van der Waals surface area contributed by atoms with Crippen molar-refractivity contribution in [3.63, 3.8) is 0 Å². The third-order valence-electron chi connectivity index (χ3n) is 2.63. The Bertz CT molecular complexity index is 367. The molecule has 0 bridgehead atoms. The van der Waals surface area contributed by atoms with Crippen molar-refractivity contribution in [3.8, 4) is 0 Å². The molecule has 1 aliphatic heterocycles.